The lowest BCUT2D eigenvalue weighted by Crippen LogP contribution is -2.31. The molecule has 2 rings (SSSR count). The van der Waals surface area contributed by atoms with Crippen LogP contribution in [0.4, 0.5) is 4.39 Å². The molecule has 0 aromatic heterocycles. The third-order valence-corrected chi connectivity index (χ3v) is 4.90. The molecule has 2 aromatic carbocycles. The molecule has 0 radical (unpaired) electrons. The van der Waals surface area contributed by atoms with Crippen LogP contribution in [0.5, 0.6) is 0 Å². The van der Waals surface area contributed by atoms with Crippen LogP contribution in [0.3, 0.4) is 0 Å². The minimum absolute atomic E-state index is 0.0360. The number of benzene rings is 2. The van der Waals surface area contributed by atoms with Crippen LogP contribution in [0, 0.1) is 11.2 Å². The number of amides is 1. The molecule has 1 atom stereocenters. The molecular formula is C21H26FNO3S. The molecule has 0 heterocycles. The summed E-state index contributed by atoms with van der Waals surface area (Å²) < 4.78 is 36.0. The van der Waals surface area contributed by atoms with E-state index in [1.165, 1.54) is 18.4 Å². The summed E-state index contributed by atoms with van der Waals surface area (Å²) in [4.78, 5) is 12.7. The summed E-state index contributed by atoms with van der Waals surface area (Å²) in [6, 6.07) is 12.4. The van der Waals surface area contributed by atoms with Crippen LogP contribution in [0.1, 0.15) is 54.7 Å². The Morgan fingerprint density at radius 3 is 2.07 bits per heavy atom. The van der Waals surface area contributed by atoms with Crippen molar-refractivity contribution >= 4 is 15.7 Å². The summed E-state index contributed by atoms with van der Waals surface area (Å²) in [7, 11) is -3.12. The van der Waals surface area contributed by atoms with E-state index in [9.17, 15) is 17.6 Å². The van der Waals surface area contributed by atoms with Gasteiger partial charge in [-0.15, -0.1) is 0 Å². The van der Waals surface area contributed by atoms with Crippen LogP contribution in [0.15, 0.2) is 48.5 Å². The normalized spacial score (nSPS) is 13.2. The molecule has 1 N–H and O–H groups in total. The third kappa shape index (κ3) is 7.13. The Morgan fingerprint density at radius 1 is 1.04 bits per heavy atom. The number of carbonyl (C=O) groups excluding carboxylic acids is 1. The first kappa shape index (κ1) is 21.1. The fraction of sp³-hybridized carbons (Fsp3) is 0.381. The standard InChI is InChI=1S/C21H26FNO3S/c1-21(2,3)13-19(16-9-11-18(22)12-10-16)23-20(24)17-7-5-15(6-8-17)14-27(4,25)26/h5-12,19H,13-14H2,1-4H3,(H,23,24)/t19-/m1/s1. The summed E-state index contributed by atoms with van der Waals surface area (Å²) in [6.07, 6.45) is 1.87. The molecule has 0 saturated heterocycles. The molecule has 0 fully saturated rings. The van der Waals surface area contributed by atoms with E-state index in [0.717, 1.165) is 5.56 Å². The van der Waals surface area contributed by atoms with Crippen molar-refractivity contribution in [2.75, 3.05) is 6.26 Å². The fourth-order valence-electron chi connectivity index (χ4n) is 2.86. The van der Waals surface area contributed by atoms with Gasteiger partial charge in [0.05, 0.1) is 11.8 Å². The van der Waals surface area contributed by atoms with E-state index in [0.29, 0.717) is 17.5 Å². The van der Waals surface area contributed by atoms with Gasteiger partial charge in [-0.1, -0.05) is 45.0 Å². The van der Waals surface area contributed by atoms with Crippen LogP contribution in [-0.2, 0) is 15.6 Å². The van der Waals surface area contributed by atoms with Gasteiger partial charge in [-0.2, -0.15) is 0 Å². The second-order valence-electron chi connectivity index (χ2n) is 8.11. The van der Waals surface area contributed by atoms with Crippen LogP contribution in [0.25, 0.3) is 0 Å². The van der Waals surface area contributed by atoms with E-state index in [4.69, 9.17) is 0 Å². The SMILES string of the molecule is CC(C)(C)C[C@@H](NC(=O)c1ccc(CS(C)(=O)=O)cc1)c1ccc(F)cc1. The maximum absolute atomic E-state index is 13.2. The van der Waals surface area contributed by atoms with Crippen LogP contribution < -0.4 is 5.32 Å². The first-order valence-corrected chi connectivity index (χ1v) is 10.8. The Balaban J connectivity index is 2.18. The number of hydrogen-bond donors (Lipinski definition) is 1. The van der Waals surface area contributed by atoms with Gasteiger partial charge in [0.2, 0.25) is 0 Å². The van der Waals surface area contributed by atoms with E-state index in [1.807, 2.05) is 0 Å². The largest absolute Gasteiger partial charge is 0.345 e. The van der Waals surface area contributed by atoms with Crippen molar-refractivity contribution in [3.63, 3.8) is 0 Å². The summed E-state index contributed by atoms with van der Waals surface area (Å²) >= 11 is 0. The lowest BCUT2D eigenvalue weighted by atomic mass is 9.85. The molecule has 0 aliphatic carbocycles. The smallest absolute Gasteiger partial charge is 0.251 e. The summed E-state index contributed by atoms with van der Waals surface area (Å²) in [5.74, 6) is -0.627. The highest BCUT2D eigenvalue weighted by molar-refractivity contribution is 7.89. The van der Waals surface area contributed by atoms with E-state index in [2.05, 4.69) is 26.1 Å². The average molecular weight is 392 g/mol. The molecule has 0 unspecified atom stereocenters. The molecule has 0 aliphatic heterocycles. The topological polar surface area (TPSA) is 63.2 Å². The van der Waals surface area contributed by atoms with E-state index in [1.54, 1.807) is 36.4 Å². The molecular weight excluding hydrogens is 365 g/mol. The number of rotatable bonds is 6. The second kappa shape index (κ2) is 8.21. The molecule has 4 nitrogen and oxygen atoms in total. The predicted molar refractivity (Wildman–Crippen MR) is 106 cm³/mol. The van der Waals surface area contributed by atoms with Crippen LogP contribution in [0.2, 0.25) is 0 Å². The van der Waals surface area contributed by atoms with Gasteiger partial charge in [0, 0.05) is 11.8 Å². The van der Waals surface area contributed by atoms with Crippen molar-refractivity contribution in [1.82, 2.24) is 5.32 Å². The van der Waals surface area contributed by atoms with Crippen molar-refractivity contribution in [2.45, 2.75) is 39.0 Å². The number of sulfone groups is 1. The molecule has 0 aliphatic rings. The van der Waals surface area contributed by atoms with Crippen molar-refractivity contribution < 1.29 is 17.6 Å². The summed E-state index contributed by atoms with van der Waals surface area (Å²) in [5.41, 5.74) is 1.89. The van der Waals surface area contributed by atoms with E-state index < -0.39 is 9.84 Å². The Bertz CT molecular complexity index is 883. The number of hydrogen-bond acceptors (Lipinski definition) is 3. The zero-order valence-corrected chi connectivity index (χ0v) is 16.9. The predicted octanol–water partition coefficient (Wildman–Crippen LogP) is 4.28. The van der Waals surface area contributed by atoms with Crippen molar-refractivity contribution in [1.29, 1.82) is 0 Å². The third-order valence-electron chi connectivity index (χ3n) is 4.04. The van der Waals surface area contributed by atoms with Gasteiger partial charge < -0.3 is 5.32 Å². The van der Waals surface area contributed by atoms with Gasteiger partial charge in [-0.3, -0.25) is 4.79 Å². The van der Waals surface area contributed by atoms with Crippen molar-refractivity contribution in [3.8, 4) is 0 Å². The minimum Gasteiger partial charge on any atom is -0.345 e. The van der Waals surface area contributed by atoms with E-state index in [-0.39, 0.29) is 28.9 Å². The van der Waals surface area contributed by atoms with Gasteiger partial charge in [0.15, 0.2) is 9.84 Å². The monoisotopic (exact) mass is 391 g/mol. The highest BCUT2D eigenvalue weighted by Crippen LogP contribution is 2.30. The minimum atomic E-state index is -3.12. The molecule has 27 heavy (non-hydrogen) atoms. The van der Waals surface area contributed by atoms with Gasteiger partial charge in [0.1, 0.15) is 5.82 Å². The summed E-state index contributed by atoms with van der Waals surface area (Å²) in [6.45, 7) is 6.24. The maximum atomic E-state index is 13.2. The first-order chi connectivity index (χ1) is 12.4. The number of halogens is 1. The maximum Gasteiger partial charge on any atom is 0.251 e. The van der Waals surface area contributed by atoms with Crippen molar-refractivity contribution in [2.24, 2.45) is 5.41 Å². The van der Waals surface area contributed by atoms with Gasteiger partial charge in [-0.25, -0.2) is 12.8 Å². The zero-order chi connectivity index (χ0) is 20.2. The molecule has 0 spiro atoms. The highest BCUT2D eigenvalue weighted by atomic mass is 32.2. The highest BCUT2D eigenvalue weighted by Gasteiger charge is 2.22. The zero-order valence-electron chi connectivity index (χ0n) is 16.1. The molecule has 2 aromatic rings. The molecule has 0 saturated carbocycles. The molecule has 0 bridgehead atoms. The van der Waals surface area contributed by atoms with Gasteiger partial charge in [-0.05, 0) is 47.2 Å². The Kier molecular flexibility index (Phi) is 6.42. The lowest BCUT2D eigenvalue weighted by molar-refractivity contribution is 0.0926. The average Bonchev–Trinajstić information content (AvgIpc) is 2.52. The fourth-order valence-corrected chi connectivity index (χ4v) is 3.65. The Labute approximate surface area is 160 Å². The van der Waals surface area contributed by atoms with Crippen LogP contribution >= 0.6 is 0 Å². The van der Waals surface area contributed by atoms with Gasteiger partial charge in [0.25, 0.3) is 5.91 Å². The lowest BCUT2D eigenvalue weighted by Gasteiger charge is -2.27. The molecule has 1 amide bonds. The van der Waals surface area contributed by atoms with Gasteiger partial charge >= 0.3 is 0 Å². The molecule has 6 heteroatoms. The molecule has 146 valence electrons. The first-order valence-electron chi connectivity index (χ1n) is 8.76. The Morgan fingerprint density at radius 2 is 1.59 bits per heavy atom. The van der Waals surface area contributed by atoms with Crippen LogP contribution in [-0.4, -0.2) is 20.6 Å². The van der Waals surface area contributed by atoms with Crippen molar-refractivity contribution in [3.05, 3.63) is 71.0 Å². The Hall–Kier alpha value is -2.21. The number of carbonyl (C=O) groups is 1. The second-order valence-corrected chi connectivity index (χ2v) is 10.2. The quantitative estimate of drug-likeness (QED) is 0.799. The summed E-state index contributed by atoms with van der Waals surface area (Å²) in [5, 5.41) is 3.01. The number of nitrogens with one attached hydrogen (secondary N) is 1. The van der Waals surface area contributed by atoms with E-state index >= 15 is 0 Å².